The van der Waals surface area contributed by atoms with Gasteiger partial charge in [-0.25, -0.2) is 8.42 Å². The Kier molecular flexibility index (Phi) is 11.4. The number of anilines is 1. The number of aryl methyl sites for hydroxylation is 1. The summed E-state index contributed by atoms with van der Waals surface area (Å²) in [4.78, 5) is 28.9. The van der Waals surface area contributed by atoms with Crippen LogP contribution in [0.15, 0.2) is 78.9 Å². The van der Waals surface area contributed by atoms with Crippen LogP contribution in [0.25, 0.3) is 0 Å². The van der Waals surface area contributed by atoms with Crippen molar-refractivity contribution in [1.29, 1.82) is 0 Å². The summed E-state index contributed by atoms with van der Waals surface area (Å²) in [6.07, 6.45) is -3.58. The fraction of sp³-hybridized carbons (Fsp3) is 0.375. The zero-order valence-corrected chi connectivity index (χ0v) is 25.6. The van der Waals surface area contributed by atoms with E-state index in [2.05, 4.69) is 5.32 Å². The number of benzene rings is 3. The van der Waals surface area contributed by atoms with Crippen LogP contribution >= 0.6 is 0 Å². The molecule has 232 valence electrons. The first-order valence-electron chi connectivity index (χ1n) is 14.0. The van der Waals surface area contributed by atoms with Crippen LogP contribution in [0.2, 0.25) is 0 Å². The number of alkyl halides is 3. The average molecular weight is 618 g/mol. The van der Waals surface area contributed by atoms with Crippen LogP contribution in [0.3, 0.4) is 0 Å². The SMILES string of the molecule is Cc1ccccc1CN(C(=O)CCCN(c1cccc(C(F)(F)F)c1)S(C)(=O)=O)[C@H](Cc1ccccc1)C(=O)NC(C)C. The molecule has 43 heavy (non-hydrogen) atoms. The number of rotatable bonds is 13. The van der Waals surface area contributed by atoms with Gasteiger partial charge in [-0.05, 0) is 62.1 Å². The Balaban J connectivity index is 1.90. The number of amides is 2. The quantitative estimate of drug-likeness (QED) is 0.266. The predicted molar refractivity (Wildman–Crippen MR) is 162 cm³/mol. The summed E-state index contributed by atoms with van der Waals surface area (Å²) in [5, 5.41) is 2.92. The highest BCUT2D eigenvalue weighted by molar-refractivity contribution is 7.92. The molecule has 3 rings (SSSR count). The van der Waals surface area contributed by atoms with E-state index < -0.39 is 27.8 Å². The van der Waals surface area contributed by atoms with E-state index in [0.29, 0.717) is 0 Å². The Morgan fingerprint density at radius 3 is 2.19 bits per heavy atom. The number of nitrogens with one attached hydrogen (secondary N) is 1. The van der Waals surface area contributed by atoms with Crippen LogP contribution in [0, 0.1) is 6.92 Å². The molecule has 3 aromatic rings. The highest BCUT2D eigenvalue weighted by Crippen LogP contribution is 2.32. The predicted octanol–water partition coefficient (Wildman–Crippen LogP) is 5.72. The lowest BCUT2D eigenvalue weighted by atomic mass is 10.0. The minimum absolute atomic E-state index is 0.0241. The van der Waals surface area contributed by atoms with Crippen molar-refractivity contribution in [3.05, 3.63) is 101 Å². The average Bonchev–Trinajstić information content (AvgIpc) is 2.93. The molecule has 0 unspecified atom stereocenters. The first-order valence-corrected chi connectivity index (χ1v) is 15.8. The molecule has 0 spiro atoms. The molecule has 11 heteroatoms. The molecule has 0 aromatic heterocycles. The summed E-state index contributed by atoms with van der Waals surface area (Å²) in [7, 11) is -3.96. The number of carbonyl (C=O) groups is 2. The molecule has 0 bridgehead atoms. The second-order valence-electron chi connectivity index (χ2n) is 10.8. The number of nitrogens with zero attached hydrogens (tertiary/aromatic N) is 2. The molecule has 0 heterocycles. The zero-order valence-electron chi connectivity index (χ0n) is 24.8. The molecule has 1 atom stereocenters. The summed E-state index contributed by atoms with van der Waals surface area (Å²) in [6, 6.07) is 19.9. The topological polar surface area (TPSA) is 86.8 Å². The largest absolute Gasteiger partial charge is 0.416 e. The maximum absolute atomic E-state index is 13.9. The van der Waals surface area contributed by atoms with E-state index in [1.165, 1.54) is 11.0 Å². The second kappa shape index (κ2) is 14.5. The lowest BCUT2D eigenvalue weighted by Crippen LogP contribution is -2.52. The van der Waals surface area contributed by atoms with Crippen molar-refractivity contribution < 1.29 is 31.2 Å². The van der Waals surface area contributed by atoms with Gasteiger partial charge in [0.1, 0.15) is 6.04 Å². The molecule has 7 nitrogen and oxygen atoms in total. The normalized spacial score (nSPS) is 12.6. The van der Waals surface area contributed by atoms with E-state index in [-0.39, 0.29) is 55.9 Å². The minimum atomic E-state index is -4.64. The number of carbonyl (C=O) groups excluding carboxylic acids is 2. The van der Waals surface area contributed by atoms with Crippen LogP contribution in [0.1, 0.15) is 48.9 Å². The zero-order chi connectivity index (χ0) is 31.8. The van der Waals surface area contributed by atoms with E-state index in [9.17, 15) is 31.2 Å². The van der Waals surface area contributed by atoms with E-state index in [1.807, 2.05) is 75.4 Å². The van der Waals surface area contributed by atoms with Crippen molar-refractivity contribution >= 4 is 27.5 Å². The van der Waals surface area contributed by atoms with Crippen LogP contribution in [0.5, 0.6) is 0 Å². The molecule has 0 saturated carbocycles. The summed E-state index contributed by atoms with van der Waals surface area (Å²) < 4.78 is 66.0. The Morgan fingerprint density at radius 1 is 0.930 bits per heavy atom. The molecule has 0 fully saturated rings. The molecular formula is C32H38F3N3O4S. The lowest BCUT2D eigenvalue weighted by Gasteiger charge is -2.33. The molecular weight excluding hydrogens is 579 g/mol. The van der Waals surface area contributed by atoms with Crippen molar-refractivity contribution in [2.75, 3.05) is 17.1 Å². The van der Waals surface area contributed by atoms with Gasteiger partial charge in [-0.3, -0.25) is 13.9 Å². The van der Waals surface area contributed by atoms with Crippen LogP contribution in [0.4, 0.5) is 18.9 Å². The molecule has 3 aromatic carbocycles. The molecule has 2 amide bonds. The van der Waals surface area contributed by atoms with Crippen molar-refractivity contribution in [3.63, 3.8) is 0 Å². The maximum Gasteiger partial charge on any atom is 0.416 e. The lowest BCUT2D eigenvalue weighted by molar-refractivity contribution is -0.141. The summed E-state index contributed by atoms with van der Waals surface area (Å²) >= 11 is 0. The summed E-state index contributed by atoms with van der Waals surface area (Å²) in [6.45, 7) is 5.51. The third-order valence-electron chi connectivity index (χ3n) is 6.92. The first-order chi connectivity index (χ1) is 20.2. The number of hydrogen-bond acceptors (Lipinski definition) is 4. The molecule has 0 aliphatic carbocycles. The fourth-order valence-corrected chi connectivity index (χ4v) is 5.70. The second-order valence-corrected chi connectivity index (χ2v) is 12.7. The molecule has 0 aliphatic heterocycles. The third-order valence-corrected chi connectivity index (χ3v) is 8.11. The van der Waals surface area contributed by atoms with E-state index in [4.69, 9.17) is 0 Å². The van der Waals surface area contributed by atoms with Gasteiger partial charge < -0.3 is 10.2 Å². The molecule has 0 aliphatic rings. The van der Waals surface area contributed by atoms with E-state index in [0.717, 1.165) is 45.5 Å². The van der Waals surface area contributed by atoms with Crippen LogP contribution in [-0.2, 0) is 38.8 Å². The highest BCUT2D eigenvalue weighted by atomic mass is 32.2. The van der Waals surface area contributed by atoms with Gasteiger partial charge in [-0.1, -0.05) is 60.7 Å². The van der Waals surface area contributed by atoms with E-state index >= 15 is 0 Å². The summed E-state index contributed by atoms with van der Waals surface area (Å²) in [5.74, 6) is -0.692. The van der Waals surface area contributed by atoms with Crippen LogP contribution < -0.4 is 9.62 Å². The van der Waals surface area contributed by atoms with Gasteiger partial charge in [0, 0.05) is 32.0 Å². The van der Waals surface area contributed by atoms with Crippen molar-refractivity contribution in [1.82, 2.24) is 10.2 Å². The Morgan fingerprint density at radius 2 is 1.58 bits per heavy atom. The maximum atomic E-state index is 13.9. The minimum Gasteiger partial charge on any atom is -0.352 e. The van der Waals surface area contributed by atoms with Gasteiger partial charge in [0.25, 0.3) is 0 Å². The third kappa shape index (κ3) is 9.84. The van der Waals surface area contributed by atoms with Crippen molar-refractivity contribution in [3.8, 4) is 0 Å². The monoisotopic (exact) mass is 617 g/mol. The number of hydrogen-bond donors (Lipinski definition) is 1. The number of sulfonamides is 1. The fourth-order valence-electron chi connectivity index (χ4n) is 4.75. The smallest absolute Gasteiger partial charge is 0.352 e. The molecule has 1 N–H and O–H groups in total. The van der Waals surface area contributed by atoms with Crippen molar-refractivity contribution in [2.45, 2.75) is 64.8 Å². The van der Waals surface area contributed by atoms with Gasteiger partial charge in [-0.15, -0.1) is 0 Å². The van der Waals surface area contributed by atoms with Crippen LogP contribution in [-0.4, -0.2) is 50.0 Å². The van der Waals surface area contributed by atoms with Gasteiger partial charge >= 0.3 is 6.18 Å². The number of halogens is 3. The Bertz CT molecular complexity index is 1490. The van der Waals surface area contributed by atoms with Gasteiger partial charge in [0.05, 0.1) is 17.5 Å². The van der Waals surface area contributed by atoms with E-state index in [1.54, 1.807) is 0 Å². The molecule has 0 saturated heterocycles. The Hall–Kier alpha value is -3.86. The van der Waals surface area contributed by atoms with Gasteiger partial charge in [0.15, 0.2) is 0 Å². The summed E-state index contributed by atoms with van der Waals surface area (Å²) in [5.41, 5.74) is 1.55. The highest BCUT2D eigenvalue weighted by Gasteiger charge is 2.33. The standard InChI is InChI=1S/C32H38F3N3O4S/c1-23(2)36-31(40)29(20-25-13-6-5-7-14-25)37(22-26-15-9-8-12-24(26)3)30(39)18-11-19-38(43(4,41)42)28-17-10-16-27(21-28)32(33,34)35/h5-10,12-17,21,23,29H,11,18-20,22H2,1-4H3,(H,36,40)/t29-/m1/s1. The van der Waals surface area contributed by atoms with Gasteiger partial charge in [-0.2, -0.15) is 13.2 Å². The van der Waals surface area contributed by atoms with Gasteiger partial charge in [0.2, 0.25) is 21.8 Å². The van der Waals surface area contributed by atoms with Crippen molar-refractivity contribution in [2.24, 2.45) is 0 Å². The Labute approximate surface area is 251 Å². The first kappa shape index (κ1) is 33.6. The molecule has 0 radical (unpaired) electrons.